The van der Waals surface area contributed by atoms with Crippen molar-refractivity contribution >= 4 is 34.4 Å². The first kappa shape index (κ1) is 21.2. The molecule has 2 heterocycles. The Morgan fingerprint density at radius 2 is 1.70 bits per heavy atom. The molecule has 0 saturated carbocycles. The van der Waals surface area contributed by atoms with Gasteiger partial charge in [0.25, 0.3) is 0 Å². The summed E-state index contributed by atoms with van der Waals surface area (Å²) in [6.07, 6.45) is 2.03. The van der Waals surface area contributed by atoms with E-state index in [4.69, 9.17) is 12.2 Å². The van der Waals surface area contributed by atoms with E-state index in [1.807, 2.05) is 90.9 Å². The van der Waals surface area contributed by atoms with Crippen molar-refractivity contribution < 1.29 is 4.79 Å². The first-order valence-corrected chi connectivity index (χ1v) is 11.4. The van der Waals surface area contributed by atoms with Crippen LogP contribution in [0.5, 0.6) is 0 Å². The predicted octanol–water partition coefficient (Wildman–Crippen LogP) is 6.01. The van der Waals surface area contributed by atoms with Crippen molar-refractivity contribution in [2.75, 3.05) is 17.3 Å². The SMILES string of the molecule is Cc1ccccc1C(=S)N(C)c1ccc(C(=O)C2Nc3ccccc3Cn3cccc32)cc1. The van der Waals surface area contributed by atoms with E-state index in [-0.39, 0.29) is 5.78 Å². The molecule has 1 aliphatic heterocycles. The first-order chi connectivity index (χ1) is 16.0. The van der Waals surface area contributed by atoms with Crippen molar-refractivity contribution in [3.8, 4) is 0 Å². The molecule has 3 aromatic carbocycles. The lowest BCUT2D eigenvalue weighted by Gasteiger charge is -2.22. The zero-order chi connectivity index (χ0) is 22.9. The third-order valence-electron chi connectivity index (χ3n) is 6.30. The number of hydrogen-bond acceptors (Lipinski definition) is 3. The van der Waals surface area contributed by atoms with Crippen LogP contribution < -0.4 is 10.2 Å². The van der Waals surface area contributed by atoms with Gasteiger partial charge < -0.3 is 14.8 Å². The number of fused-ring (bicyclic) bond motifs is 2. The van der Waals surface area contributed by atoms with Crippen molar-refractivity contribution in [3.63, 3.8) is 0 Å². The summed E-state index contributed by atoms with van der Waals surface area (Å²) in [5, 5.41) is 3.48. The Morgan fingerprint density at radius 1 is 0.970 bits per heavy atom. The molecule has 1 atom stereocenters. The predicted molar refractivity (Wildman–Crippen MR) is 138 cm³/mol. The highest BCUT2D eigenvalue weighted by molar-refractivity contribution is 7.81. The number of para-hydroxylation sites is 1. The molecule has 1 aliphatic rings. The third-order valence-corrected chi connectivity index (χ3v) is 6.79. The summed E-state index contributed by atoms with van der Waals surface area (Å²) < 4.78 is 2.14. The van der Waals surface area contributed by atoms with E-state index in [0.717, 1.165) is 39.7 Å². The highest BCUT2D eigenvalue weighted by atomic mass is 32.1. The Balaban J connectivity index is 1.41. The van der Waals surface area contributed by atoms with Gasteiger partial charge in [-0.3, -0.25) is 4.79 Å². The lowest BCUT2D eigenvalue weighted by atomic mass is 10.0. The van der Waals surface area contributed by atoms with Crippen molar-refractivity contribution in [2.24, 2.45) is 0 Å². The summed E-state index contributed by atoms with van der Waals surface area (Å²) in [4.78, 5) is 16.3. The van der Waals surface area contributed by atoms with E-state index in [2.05, 4.69) is 28.9 Å². The van der Waals surface area contributed by atoms with Crippen LogP contribution in [-0.4, -0.2) is 22.4 Å². The highest BCUT2D eigenvalue weighted by Gasteiger charge is 2.28. The quantitative estimate of drug-likeness (QED) is 0.305. The Labute approximate surface area is 199 Å². The number of nitrogens with zero attached hydrogens (tertiary/aromatic N) is 2. The van der Waals surface area contributed by atoms with Gasteiger partial charge in [0.05, 0.1) is 0 Å². The van der Waals surface area contributed by atoms with Crippen molar-refractivity contribution in [1.82, 2.24) is 4.57 Å². The van der Waals surface area contributed by atoms with Gasteiger partial charge in [0, 0.05) is 48.0 Å². The topological polar surface area (TPSA) is 37.3 Å². The Kier molecular flexibility index (Phi) is 5.56. The summed E-state index contributed by atoms with van der Waals surface area (Å²) in [5.41, 5.74) is 6.94. The lowest BCUT2D eigenvalue weighted by Crippen LogP contribution is -2.26. The molecule has 0 amide bonds. The number of thiocarbonyl (C=S) groups is 1. The van der Waals surface area contributed by atoms with Gasteiger partial charge in [-0.1, -0.05) is 54.7 Å². The maximum Gasteiger partial charge on any atom is 0.191 e. The highest BCUT2D eigenvalue weighted by Crippen LogP contribution is 2.31. The molecule has 164 valence electrons. The minimum Gasteiger partial charge on any atom is -0.370 e. The van der Waals surface area contributed by atoms with Crippen LogP contribution in [0.15, 0.2) is 91.1 Å². The fourth-order valence-corrected chi connectivity index (χ4v) is 4.71. The van der Waals surface area contributed by atoms with Crippen LogP contribution in [0.2, 0.25) is 0 Å². The monoisotopic (exact) mass is 451 g/mol. The zero-order valence-electron chi connectivity index (χ0n) is 18.7. The van der Waals surface area contributed by atoms with Crippen LogP contribution in [0.1, 0.15) is 38.8 Å². The van der Waals surface area contributed by atoms with Crippen molar-refractivity contribution in [3.05, 3.63) is 119 Å². The van der Waals surface area contributed by atoms with Crippen LogP contribution in [-0.2, 0) is 6.54 Å². The van der Waals surface area contributed by atoms with Gasteiger partial charge in [-0.15, -0.1) is 0 Å². The second kappa shape index (κ2) is 8.68. The summed E-state index contributed by atoms with van der Waals surface area (Å²) >= 11 is 5.73. The van der Waals surface area contributed by atoms with Crippen LogP contribution in [0.4, 0.5) is 11.4 Å². The minimum absolute atomic E-state index is 0.0438. The summed E-state index contributed by atoms with van der Waals surface area (Å²) in [6, 6.07) is 27.5. The molecular weight excluding hydrogens is 426 g/mol. The molecule has 0 saturated heterocycles. The Hall–Kier alpha value is -3.70. The van der Waals surface area contributed by atoms with E-state index in [1.165, 1.54) is 5.56 Å². The molecule has 0 fully saturated rings. The molecule has 1 unspecified atom stereocenters. The fraction of sp³-hybridized carbons (Fsp3) is 0.143. The average molecular weight is 452 g/mol. The minimum atomic E-state index is -0.444. The Bertz CT molecular complexity index is 1340. The van der Waals surface area contributed by atoms with Gasteiger partial charge in [-0.05, 0) is 60.5 Å². The maximum absolute atomic E-state index is 13.6. The number of hydrogen-bond donors (Lipinski definition) is 1. The molecule has 33 heavy (non-hydrogen) atoms. The molecule has 0 spiro atoms. The van der Waals surface area contributed by atoms with Gasteiger partial charge in [0.2, 0.25) is 0 Å². The molecule has 4 nitrogen and oxygen atoms in total. The number of benzene rings is 3. The van der Waals surface area contributed by atoms with Crippen molar-refractivity contribution in [1.29, 1.82) is 0 Å². The summed E-state index contributed by atoms with van der Waals surface area (Å²) in [6.45, 7) is 2.81. The lowest BCUT2D eigenvalue weighted by molar-refractivity contribution is 0.0967. The second-order valence-corrected chi connectivity index (χ2v) is 8.77. The molecule has 1 aromatic heterocycles. The molecule has 5 heteroatoms. The van der Waals surface area contributed by atoms with Gasteiger partial charge in [-0.25, -0.2) is 0 Å². The standard InChI is InChI=1S/C28H25N3OS/c1-19-8-3-5-10-23(19)28(33)30(2)22-15-13-20(14-16-22)27(32)26-25-12-7-17-31(25)18-21-9-4-6-11-24(21)29-26/h3-17,26,29H,18H2,1-2H3. The summed E-state index contributed by atoms with van der Waals surface area (Å²) in [7, 11) is 1.96. The van der Waals surface area contributed by atoms with Gasteiger partial charge >= 0.3 is 0 Å². The van der Waals surface area contributed by atoms with Gasteiger partial charge in [-0.2, -0.15) is 0 Å². The molecule has 5 rings (SSSR count). The summed E-state index contributed by atoms with van der Waals surface area (Å²) in [5.74, 6) is 0.0438. The molecular formula is C28H25N3OS. The number of carbonyl (C=O) groups is 1. The molecule has 0 aliphatic carbocycles. The van der Waals surface area contributed by atoms with Crippen LogP contribution in [0.3, 0.4) is 0 Å². The number of rotatable bonds is 4. The van der Waals surface area contributed by atoms with Crippen LogP contribution >= 0.6 is 12.2 Å². The van der Waals surface area contributed by atoms with Gasteiger partial charge in [0.1, 0.15) is 11.0 Å². The smallest absolute Gasteiger partial charge is 0.191 e. The zero-order valence-corrected chi connectivity index (χ0v) is 19.5. The number of anilines is 2. The van der Waals surface area contributed by atoms with E-state index in [9.17, 15) is 4.79 Å². The van der Waals surface area contributed by atoms with Crippen LogP contribution in [0.25, 0.3) is 0 Å². The second-order valence-electron chi connectivity index (χ2n) is 8.39. The number of carbonyl (C=O) groups excluding carboxylic acids is 1. The largest absolute Gasteiger partial charge is 0.370 e. The normalized spacial score (nSPS) is 14.4. The molecule has 1 N–H and O–H groups in total. The van der Waals surface area contributed by atoms with E-state index in [1.54, 1.807) is 0 Å². The molecule has 0 bridgehead atoms. The number of Topliss-reactive ketones (excluding diaryl/α,β-unsaturated/α-hetero) is 1. The average Bonchev–Trinajstić information content (AvgIpc) is 3.24. The molecule has 0 radical (unpaired) electrons. The fourth-order valence-electron chi connectivity index (χ4n) is 4.37. The number of nitrogens with one attached hydrogen (secondary N) is 1. The van der Waals surface area contributed by atoms with Crippen LogP contribution in [0, 0.1) is 6.92 Å². The van der Waals surface area contributed by atoms with Gasteiger partial charge in [0.15, 0.2) is 5.78 Å². The molecule has 4 aromatic rings. The van der Waals surface area contributed by atoms with Crippen molar-refractivity contribution in [2.45, 2.75) is 19.5 Å². The first-order valence-electron chi connectivity index (χ1n) is 11.0. The number of aryl methyl sites for hydroxylation is 1. The van der Waals surface area contributed by atoms with E-state index >= 15 is 0 Å². The maximum atomic E-state index is 13.6. The third kappa shape index (κ3) is 3.96. The van der Waals surface area contributed by atoms with E-state index < -0.39 is 6.04 Å². The van der Waals surface area contributed by atoms with E-state index in [0.29, 0.717) is 5.56 Å². The Morgan fingerprint density at radius 3 is 2.48 bits per heavy atom. The number of aromatic nitrogens is 1. The number of ketones is 1.